The Morgan fingerprint density at radius 2 is 1.66 bits per heavy atom. The molecule has 4 aromatic rings. The first-order valence-electron chi connectivity index (χ1n) is 10.1. The fourth-order valence-corrected chi connectivity index (χ4v) is 4.96. The minimum atomic E-state index is -3.85. The molecular formula is C24H25N3O4S. The summed E-state index contributed by atoms with van der Waals surface area (Å²) in [5.74, 6) is 0.803. The normalized spacial score (nSPS) is 11.5. The molecule has 0 aliphatic carbocycles. The molecule has 0 fully saturated rings. The van der Waals surface area contributed by atoms with Crippen LogP contribution in [0.1, 0.15) is 17.0 Å². The van der Waals surface area contributed by atoms with Gasteiger partial charge in [-0.2, -0.15) is 5.10 Å². The predicted octanol–water partition coefficient (Wildman–Crippen LogP) is 4.52. The molecule has 32 heavy (non-hydrogen) atoms. The fraction of sp³-hybridized carbons (Fsp3) is 0.208. The van der Waals surface area contributed by atoms with Gasteiger partial charge in [-0.15, -0.1) is 0 Å². The number of anilines is 1. The first-order chi connectivity index (χ1) is 15.3. The second-order valence-corrected chi connectivity index (χ2v) is 9.15. The number of benzene rings is 3. The summed E-state index contributed by atoms with van der Waals surface area (Å²) in [5, 5.41) is 6.90. The predicted molar refractivity (Wildman–Crippen MR) is 125 cm³/mol. The van der Waals surface area contributed by atoms with Crippen molar-refractivity contribution in [2.45, 2.75) is 25.3 Å². The Hall–Kier alpha value is -3.52. The molecule has 0 saturated carbocycles. The number of fused-ring (bicyclic) bond motifs is 1. The number of aromatic nitrogens is 2. The lowest BCUT2D eigenvalue weighted by Crippen LogP contribution is -2.14. The van der Waals surface area contributed by atoms with E-state index in [0.29, 0.717) is 29.4 Å². The lowest BCUT2D eigenvalue weighted by atomic mass is 10.0. The highest BCUT2D eigenvalue weighted by molar-refractivity contribution is 7.92. The summed E-state index contributed by atoms with van der Waals surface area (Å²) in [6, 6.07) is 18.8. The topological polar surface area (TPSA) is 82.5 Å². The third kappa shape index (κ3) is 4.01. The fourth-order valence-electron chi connectivity index (χ4n) is 3.77. The highest BCUT2D eigenvalue weighted by atomic mass is 32.2. The quantitative estimate of drug-likeness (QED) is 0.447. The van der Waals surface area contributed by atoms with Crippen molar-refractivity contribution in [2.75, 3.05) is 18.9 Å². The Labute approximate surface area is 187 Å². The van der Waals surface area contributed by atoms with Crippen LogP contribution in [0.5, 0.6) is 11.5 Å². The maximum absolute atomic E-state index is 13.1. The van der Waals surface area contributed by atoms with Gasteiger partial charge in [0.2, 0.25) is 0 Å². The van der Waals surface area contributed by atoms with E-state index in [0.717, 1.165) is 22.0 Å². The molecule has 0 bridgehead atoms. The Morgan fingerprint density at radius 3 is 2.41 bits per heavy atom. The number of hydrogen-bond acceptors (Lipinski definition) is 5. The average molecular weight is 452 g/mol. The van der Waals surface area contributed by atoms with Gasteiger partial charge in [0.1, 0.15) is 0 Å². The minimum Gasteiger partial charge on any atom is -0.493 e. The molecule has 0 saturated heterocycles. The standard InChI is InChI=1S/C24H25N3O4S/c1-16-24(26-32(28,29)20-12-13-22(30-3)23(14-20)31-4)17(2)27(25-16)15-19-10-7-9-18-8-5-6-11-21(18)19/h5-14,26H,15H2,1-4H3. The van der Waals surface area contributed by atoms with E-state index >= 15 is 0 Å². The summed E-state index contributed by atoms with van der Waals surface area (Å²) in [6.07, 6.45) is 0. The van der Waals surface area contributed by atoms with E-state index in [-0.39, 0.29) is 4.90 Å². The molecule has 0 atom stereocenters. The Balaban J connectivity index is 1.66. The molecular weight excluding hydrogens is 426 g/mol. The van der Waals surface area contributed by atoms with Crippen molar-refractivity contribution in [3.63, 3.8) is 0 Å². The largest absolute Gasteiger partial charge is 0.493 e. The van der Waals surface area contributed by atoms with Crippen molar-refractivity contribution >= 4 is 26.5 Å². The molecule has 1 heterocycles. The molecule has 1 N–H and O–H groups in total. The third-order valence-corrected chi connectivity index (χ3v) is 6.83. The molecule has 0 unspecified atom stereocenters. The highest BCUT2D eigenvalue weighted by Crippen LogP contribution is 2.31. The van der Waals surface area contributed by atoms with E-state index in [1.807, 2.05) is 29.8 Å². The van der Waals surface area contributed by atoms with Gasteiger partial charge in [-0.05, 0) is 42.3 Å². The van der Waals surface area contributed by atoms with Crippen molar-refractivity contribution in [3.8, 4) is 11.5 Å². The Bertz CT molecular complexity index is 1390. The van der Waals surface area contributed by atoms with Crippen molar-refractivity contribution in [1.29, 1.82) is 0 Å². The summed E-state index contributed by atoms with van der Waals surface area (Å²) < 4.78 is 41.1. The van der Waals surface area contributed by atoms with Gasteiger partial charge in [0, 0.05) is 6.07 Å². The van der Waals surface area contributed by atoms with Gasteiger partial charge >= 0.3 is 0 Å². The van der Waals surface area contributed by atoms with Crippen LogP contribution in [0.2, 0.25) is 0 Å². The Kier molecular flexibility index (Phi) is 5.80. The first kappa shape index (κ1) is 21.7. The molecule has 0 spiro atoms. The number of nitrogens with one attached hydrogen (secondary N) is 1. The number of hydrogen-bond donors (Lipinski definition) is 1. The van der Waals surface area contributed by atoms with Crippen LogP contribution in [-0.4, -0.2) is 32.4 Å². The first-order valence-corrected chi connectivity index (χ1v) is 11.6. The second-order valence-electron chi connectivity index (χ2n) is 7.46. The van der Waals surface area contributed by atoms with Gasteiger partial charge in [0.05, 0.1) is 42.7 Å². The summed E-state index contributed by atoms with van der Waals surface area (Å²) >= 11 is 0. The summed E-state index contributed by atoms with van der Waals surface area (Å²) in [6.45, 7) is 4.18. The van der Waals surface area contributed by atoms with Crippen LogP contribution >= 0.6 is 0 Å². The van der Waals surface area contributed by atoms with Gasteiger partial charge < -0.3 is 9.47 Å². The molecule has 4 rings (SSSR count). The third-order valence-electron chi connectivity index (χ3n) is 5.48. The number of rotatable bonds is 7. The molecule has 166 valence electrons. The number of nitrogens with zero attached hydrogens (tertiary/aromatic N) is 2. The molecule has 1 aromatic heterocycles. The number of sulfonamides is 1. The van der Waals surface area contributed by atoms with Gasteiger partial charge in [0.15, 0.2) is 11.5 Å². The molecule has 0 aliphatic rings. The van der Waals surface area contributed by atoms with Crippen LogP contribution < -0.4 is 14.2 Å². The lowest BCUT2D eigenvalue weighted by molar-refractivity contribution is 0.354. The van der Waals surface area contributed by atoms with E-state index in [1.54, 1.807) is 13.0 Å². The number of aryl methyl sites for hydroxylation is 1. The minimum absolute atomic E-state index is 0.0794. The van der Waals surface area contributed by atoms with Crippen molar-refractivity contribution in [2.24, 2.45) is 0 Å². The van der Waals surface area contributed by atoms with E-state index in [2.05, 4.69) is 34.1 Å². The van der Waals surface area contributed by atoms with Crippen molar-refractivity contribution in [1.82, 2.24) is 9.78 Å². The van der Waals surface area contributed by atoms with Crippen molar-refractivity contribution in [3.05, 3.63) is 77.6 Å². The smallest absolute Gasteiger partial charge is 0.262 e. The monoisotopic (exact) mass is 451 g/mol. The van der Waals surface area contributed by atoms with Gasteiger partial charge in [0.25, 0.3) is 10.0 Å². The summed E-state index contributed by atoms with van der Waals surface area (Å²) in [4.78, 5) is 0.0794. The Morgan fingerprint density at radius 1 is 0.938 bits per heavy atom. The zero-order chi connectivity index (χ0) is 22.9. The maximum Gasteiger partial charge on any atom is 0.262 e. The van der Waals surface area contributed by atoms with Crippen LogP contribution in [0.15, 0.2) is 65.6 Å². The molecule has 0 aliphatic heterocycles. The van der Waals surface area contributed by atoms with E-state index in [9.17, 15) is 8.42 Å². The maximum atomic E-state index is 13.1. The van der Waals surface area contributed by atoms with Crippen LogP contribution in [0.3, 0.4) is 0 Å². The van der Waals surface area contributed by atoms with Crippen LogP contribution in [-0.2, 0) is 16.6 Å². The van der Waals surface area contributed by atoms with Crippen LogP contribution in [0.25, 0.3) is 10.8 Å². The molecule has 0 amide bonds. The van der Waals surface area contributed by atoms with E-state index in [1.165, 1.54) is 26.4 Å². The highest BCUT2D eigenvalue weighted by Gasteiger charge is 2.22. The average Bonchev–Trinajstić information content (AvgIpc) is 3.05. The van der Waals surface area contributed by atoms with Gasteiger partial charge in [-0.1, -0.05) is 42.5 Å². The molecule has 7 nitrogen and oxygen atoms in total. The zero-order valence-corrected chi connectivity index (χ0v) is 19.2. The van der Waals surface area contributed by atoms with Crippen LogP contribution in [0, 0.1) is 13.8 Å². The zero-order valence-electron chi connectivity index (χ0n) is 18.4. The van der Waals surface area contributed by atoms with Crippen LogP contribution in [0.4, 0.5) is 5.69 Å². The number of methoxy groups -OCH3 is 2. The lowest BCUT2D eigenvalue weighted by Gasteiger charge is -2.12. The number of ether oxygens (including phenoxy) is 2. The van der Waals surface area contributed by atoms with Gasteiger partial charge in [-0.25, -0.2) is 8.42 Å². The SMILES string of the molecule is COc1ccc(S(=O)(=O)Nc2c(C)nn(Cc3cccc4ccccc34)c2C)cc1OC. The van der Waals surface area contributed by atoms with Gasteiger partial charge in [-0.3, -0.25) is 9.40 Å². The summed E-state index contributed by atoms with van der Waals surface area (Å²) in [5.41, 5.74) is 2.93. The summed E-state index contributed by atoms with van der Waals surface area (Å²) in [7, 11) is -0.882. The van der Waals surface area contributed by atoms with Crippen molar-refractivity contribution < 1.29 is 17.9 Å². The van der Waals surface area contributed by atoms with E-state index < -0.39 is 10.0 Å². The second kappa shape index (κ2) is 8.55. The van der Waals surface area contributed by atoms with E-state index in [4.69, 9.17) is 9.47 Å². The molecule has 0 radical (unpaired) electrons. The molecule has 8 heteroatoms. The molecule has 3 aromatic carbocycles.